The average molecular weight is 179 g/mol. The standard InChI is InChI=1S/C10H17N3/c11-4-8-12-7-3-10(9-12)13-5-1-2-6-13/h10H,1-3,5-9H2. The predicted molar refractivity (Wildman–Crippen MR) is 51.3 cm³/mol. The minimum Gasteiger partial charge on any atom is -0.299 e. The highest BCUT2D eigenvalue weighted by Gasteiger charge is 2.28. The quantitative estimate of drug-likeness (QED) is 0.584. The van der Waals surface area contributed by atoms with Crippen LogP contribution in [-0.2, 0) is 0 Å². The van der Waals surface area contributed by atoms with Gasteiger partial charge >= 0.3 is 0 Å². The summed E-state index contributed by atoms with van der Waals surface area (Å²) >= 11 is 0. The molecule has 0 aromatic carbocycles. The van der Waals surface area contributed by atoms with Crippen molar-refractivity contribution in [1.29, 1.82) is 5.26 Å². The Balaban J connectivity index is 1.80. The molecule has 0 saturated carbocycles. The molecule has 2 aliphatic rings. The smallest absolute Gasteiger partial charge is 0.0866 e. The third-order valence-electron chi connectivity index (χ3n) is 3.20. The summed E-state index contributed by atoms with van der Waals surface area (Å²) in [5, 5.41) is 8.57. The van der Waals surface area contributed by atoms with Crippen molar-refractivity contribution in [2.45, 2.75) is 25.3 Å². The summed E-state index contributed by atoms with van der Waals surface area (Å²) in [4.78, 5) is 4.86. The first kappa shape index (κ1) is 8.98. The van der Waals surface area contributed by atoms with Crippen LogP contribution in [0.3, 0.4) is 0 Å². The molecule has 3 heteroatoms. The summed E-state index contributed by atoms with van der Waals surface area (Å²) in [6, 6.07) is 2.97. The fourth-order valence-electron chi connectivity index (χ4n) is 2.46. The van der Waals surface area contributed by atoms with E-state index in [4.69, 9.17) is 5.26 Å². The molecule has 0 N–H and O–H groups in total. The number of rotatable bonds is 2. The minimum absolute atomic E-state index is 0.615. The fraction of sp³-hybridized carbons (Fsp3) is 0.900. The molecule has 2 heterocycles. The maximum Gasteiger partial charge on any atom is 0.0866 e. The second-order valence-electron chi connectivity index (χ2n) is 4.08. The molecule has 0 bridgehead atoms. The van der Waals surface area contributed by atoms with Gasteiger partial charge in [-0.25, -0.2) is 0 Å². The van der Waals surface area contributed by atoms with E-state index in [1.165, 1.54) is 32.4 Å². The van der Waals surface area contributed by atoms with Crippen LogP contribution in [0, 0.1) is 11.3 Å². The molecule has 0 aromatic heterocycles. The van der Waals surface area contributed by atoms with Crippen molar-refractivity contribution >= 4 is 0 Å². The number of likely N-dealkylation sites (tertiary alicyclic amines) is 2. The van der Waals surface area contributed by atoms with Crippen molar-refractivity contribution in [1.82, 2.24) is 9.80 Å². The van der Waals surface area contributed by atoms with E-state index in [9.17, 15) is 0 Å². The molecule has 72 valence electrons. The molecule has 2 fully saturated rings. The van der Waals surface area contributed by atoms with Crippen LogP contribution in [0.1, 0.15) is 19.3 Å². The molecule has 0 spiro atoms. The molecule has 1 unspecified atom stereocenters. The van der Waals surface area contributed by atoms with Crippen molar-refractivity contribution in [3.8, 4) is 6.07 Å². The Morgan fingerprint density at radius 3 is 2.69 bits per heavy atom. The number of hydrogen-bond acceptors (Lipinski definition) is 3. The lowest BCUT2D eigenvalue weighted by atomic mass is 10.2. The zero-order valence-corrected chi connectivity index (χ0v) is 8.08. The molecule has 0 amide bonds. The third kappa shape index (κ3) is 2.01. The van der Waals surface area contributed by atoms with Gasteiger partial charge in [0.15, 0.2) is 0 Å². The summed E-state index contributed by atoms with van der Waals surface area (Å²) in [6.45, 7) is 5.42. The summed E-state index contributed by atoms with van der Waals surface area (Å²) in [6.07, 6.45) is 4.01. The Bertz CT molecular complexity index is 203. The number of hydrogen-bond donors (Lipinski definition) is 0. The SMILES string of the molecule is N#CCN1CCC(N2CCCC2)C1. The molecular formula is C10H17N3. The van der Waals surface area contributed by atoms with Gasteiger partial charge in [-0.1, -0.05) is 0 Å². The van der Waals surface area contributed by atoms with E-state index in [0.717, 1.165) is 19.1 Å². The Morgan fingerprint density at radius 1 is 1.23 bits per heavy atom. The van der Waals surface area contributed by atoms with Gasteiger partial charge in [-0.2, -0.15) is 5.26 Å². The Hall–Kier alpha value is -0.590. The third-order valence-corrected chi connectivity index (χ3v) is 3.20. The Morgan fingerprint density at radius 2 is 2.00 bits per heavy atom. The zero-order valence-electron chi connectivity index (χ0n) is 8.08. The van der Waals surface area contributed by atoms with E-state index in [1.807, 2.05) is 0 Å². The maximum absolute atomic E-state index is 8.57. The van der Waals surface area contributed by atoms with E-state index in [2.05, 4.69) is 15.9 Å². The van der Waals surface area contributed by atoms with Gasteiger partial charge in [0.2, 0.25) is 0 Å². The molecule has 0 radical (unpaired) electrons. The summed E-state index contributed by atoms with van der Waals surface area (Å²) in [5.74, 6) is 0. The molecule has 0 aromatic rings. The van der Waals surface area contributed by atoms with Gasteiger partial charge in [0.1, 0.15) is 0 Å². The van der Waals surface area contributed by atoms with Gasteiger partial charge in [-0.3, -0.25) is 9.80 Å². The van der Waals surface area contributed by atoms with Crippen LogP contribution in [0.15, 0.2) is 0 Å². The van der Waals surface area contributed by atoms with Crippen LogP contribution in [-0.4, -0.2) is 48.6 Å². The highest BCUT2D eigenvalue weighted by molar-refractivity contribution is 4.89. The van der Waals surface area contributed by atoms with Crippen LogP contribution in [0.5, 0.6) is 0 Å². The van der Waals surface area contributed by atoms with Gasteiger partial charge in [0, 0.05) is 19.1 Å². The first-order chi connectivity index (χ1) is 6.40. The highest BCUT2D eigenvalue weighted by Crippen LogP contribution is 2.19. The second-order valence-corrected chi connectivity index (χ2v) is 4.08. The molecule has 1 atom stereocenters. The van der Waals surface area contributed by atoms with Crippen LogP contribution in [0.4, 0.5) is 0 Å². The lowest BCUT2D eigenvalue weighted by Crippen LogP contribution is -2.35. The van der Waals surface area contributed by atoms with E-state index in [1.54, 1.807) is 0 Å². The fourth-order valence-corrected chi connectivity index (χ4v) is 2.46. The number of nitriles is 1. The first-order valence-electron chi connectivity index (χ1n) is 5.23. The van der Waals surface area contributed by atoms with Gasteiger partial charge < -0.3 is 0 Å². The predicted octanol–water partition coefficient (Wildman–Crippen LogP) is 0.680. The van der Waals surface area contributed by atoms with Crippen LogP contribution < -0.4 is 0 Å². The van der Waals surface area contributed by atoms with Crippen molar-refractivity contribution < 1.29 is 0 Å². The molecule has 3 nitrogen and oxygen atoms in total. The Labute approximate surface area is 79.9 Å². The van der Waals surface area contributed by atoms with Crippen molar-refractivity contribution in [3.63, 3.8) is 0 Å². The zero-order chi connectivity index (χ0) is 9.10. The monoisotopic (exact) mass is 179 g/mol. The van der Waals surface area contributed by atoms with Gasteiger partial charge in [0.05, 0.1) is 12.6 Å². The van der Waals surface area contributed by atoms with Crippen LogP contribution >= 0.6 is 0 Å². The average Bonchev–Trinajstić information content (AvgIpc) is 2.70. The lowest BCUT2D eigenvalue weighted by Gasteiger charge is -2.22. The van der Waals surface area contributed by atoms with Crippen LogP contribution in [0.25, 0.3) is 0 Å². The van der Waals surface area contributed by atoms with Gasteiger partial charge in [-0.05, 0) is 32.4 Å². The van der Waals surface area contributed by atoms with Gasteiger partial charge in [-0.15, -0.1) is 0 Å². The van der Waals surface area contributed by atoms with Gasteiger partial charge in [0.25, 0.3) is 0 Å². The van der Waals surface area contributed by atoms with Crippen molar-refractivity contribution in [3.05, 3.63) is 0 Å². The van der Waals surface area contributed by atoms with Crippen LogP contribution in [0.2, 0.25) is 0 Å². The second kappa shape index (κ2) is 4.08. The maximum atomic E-state index is 8.57. The Kier molecular flexibility index (Phi) is 2.82. The normalized spacial score (nSPS) is 30.8. The van der Waals surface area contributed by atoms with E-state index >= 15 is 0 Å². The van der Waals surface area contributed by atoms with E-state index in [-0.39, 0.29) is 0 Å². The summed E-state index contributed by atoms with van der Waals surface area (Å²) in [7, 11) is 0. The van der Waals surface area contributed by atoms with Crippen molar-refractivity contribution in [2.75, 3.05) is 32.7 Å². The molecule has 2 rings (SSSR count). The topological polar surface area (TPSA) is 30.3 Å². The summed E-state index contributed by atoms with van der Waals surface area (Å²) < 4.78 is 0. The largest absolute Gasteiger partial charge is 0.299 e. The minimum atomic E-state index is 0.615. The molecule has 0 aliphatic carbocycles. The van der Waals surface area contributed by atoms with E-state index < -0.39 is 0 Å². The first-order valence-corrected chi connectivity index (χ1v) is 5.23. The van der Waals surface area contributed by atoms with Crippen molar-refractivity contribution in [2.24, 2.45) is 0 Å². The summed E-state index contributed by atoms with van der Waals surface area (Å²) in [5.41, 5.74) is 0. The molecule has 13 heavy (non-hydrogen) atoms. The molecule has 2 saturated heterocycles. The molecular weight excluding hydrogens is 162 g/mol. The molecule has 2 aliphatic heterocycles. The highest BCUT2D eigenvalue weighted by atomic mass is 15.3. The number of nitrogens with zero attached hydrogens (tertiary/aromatic N) is 3. The lowest BCUT2D eigenvalue weighted by molar-refractivity contribution is 0.238. The van der Waals surface area contributed by atoms with E-state index in [0.29, 0.717) is 6.54 Å².